The van der Waals surface area contributed by atoms with Crippen LogP contribution in [0.1, 0.15) is 16.8 Å². The third-order valence-corrected chi connectivity index (χ3v) is 9.25. The molecule has 1 atom stereocenters. The maximum absolute atomic E-state index is 13.1. The molecule has 3 aliphatic rings. The highest BCUT2D eigenvalue weighted by molar-refractivity contribution is 7.99. The Kier molecular flexibility index (Phi) is 7.01. The van der Waals surface area contributed by atoms with Crippen LogP contribution in [-0.2, 0) is 19.5 Å². The molecule has 1 aromatic rings. The molecule has 3 heterocycles. The van der Waals surface area contributed by atoms with Gasteiger partial charge >= 0.3 is 0 Å². The van der Waals surface area contributed by atoms with Crippen molar-refractivity contribution in [3.05, 3.63) is 29.8 Å². The fraction of sp³-hybridized carbons (Fsp3) is 0.650. The van der Waals surface area contributed by atoms with E-state index in [1.807, 2.05) is 11.8 Å². The predicted octanol–water partition coefficient (Wildman–Crippen LogP) is 0.645. The largest absolute Gasteiger partial charge is 0.379 e. The van der Waals surface area contributed by atoms with E-state index in [-0.39, 0.29) is 21.9 Å². The van der Waals surface area contributed by atoms with Crippen molar-refractivity contribution in [1.82, 2.24) is 14.5 Å². The number of carbonyl (C=O) groups is 1. The topological polar surface area (TPSA) is 88.2 Å². The molecule has 3 fully saturated rings. The molecule has 1 unspecified atom stereocenters. The predicted molar refractivity (Wildman–Crippen MR) is 115 cm³/mol. The molecule has 4 rings (SSSR count). The summed E-state index contributed by atoms with van der Waals surface area (Å²) in [5, 5.41) is 3.05. The van der Waals surface area contributed by atoms with E-state index in [0.717, 1.165) is 31.0 Å². The number of nitrogens with zero attached hydrogens (tertiary/aromatic N) is 2. The van der Waals surface area contributed by atoms with E-state index in [0.29, 0.717) is 46.1 Å². The van der Waals surface area contributed by atoms with E-state index in [1.54, 1.807) is 18.2 Å². The number of sulfonamides is 1. The molecule has 8 nitrogen and oxygen atoms in total. The lowest BCUT2D eigenvalue weighted by molar-refractivity contribution is -0.0129. The van der Waals surface area contributed by atoms with Crippen LogP contribution < -0.4 is 5.32 Å². The lowest BCUT2D eigenvalue weighted by atomic mass is 9.95. The summed E-state index contributed by atoms with van der Waals surface area (Å²) >= 11 is 1.90. The lowest BCUT2D eigenvalue weighted by Gasteiger charge is -2.43. The molecule has 3 saturated heterocycles. The van der Waals surface area contributed by atoms with Gasteiger partial charge in [-0.2, -0.15) is 16.1 Å². The van der Waals surface area contributed by atoms with Crippen molar-refractivity contribution in [3.63, 3.8) is 0 Å². The first kappa shape index (κ1) is 22.0. The van der Waals surface area contributed by atoms with E-state index in [1.165, 1.54) is 10.4 Å². The van der Waals surface area contributed by atoms with E-state index in [4.69, 9.17) is 9.47 Å². The normalized spacial score (nSPS) is 26.5. The number of morpholine rings is 2. The highest BCUT2D eigenvalue weighted by Crippen LogP contribution is 2.33. The molecular formula is C20H29N3O5S2. The first-order valence-electron chi connectivity index (χ1n) is 10.4. The molecule has 0 radical (unpaired) electrons. The average molecular weight is 456 g/mol. The zero-order valence-electron chi connectivity index (χ0n) is 17.0. The molecule has 1 amide bonds. The van der Waals surface area contributed by atoms with Gasteiger partial charge in [-0.25, -0.2) is 8.42 Å². The monoisotopic (exact) mass is 455 g/mol. The smallest absolute Gasteiger partial charge is 0.252 e. The first-order chi connectivity index (χ1) is 14.5. The maximum atomic E-state index is 13.1. The second-order valence-electron chi connectivity index (χ2n) is 7.82. The van der Waals surface area contributed by atoms with Gasteiger partial charge in [0.25, 0.3) is 5.91 Å². The van der Waals surface area contributed by atoms with Gasteiger partial charge in [0, 0.05) is 44.0 Å². The number of carbonyl (C=O) groups excluding carboxylic acids is 1. The Balaban J connectivity index is 1.51. The minimum Gasteiger partial charge on any atom is -0.379 e. The summed E-state index contributed by atoms with van der Waals surface area (Å²) < 4.78 is 38.5. The summed E-state index contributed by atoms with van der Waals surface area (Å²) in [7, 11) is -3.75. The lowest BCUT2D eigenvalue weighted by Crippen LogP contribution is -2.59. The molecule has 166 valence electrons. The minimum atomic E-state index is -3.75. The Bertz CT molecular complexity index is 846. The standard InChI is InChI=1S/C20H29N3O5S2/c24-19(21-15-20(5-14-29-16-20)22-6-10-27-11-7-22)17-3-1-2-4-18(17)30(25,26)23-8-12-28-13-9-23/h1-4H,5-16H2,(H,21,24). The highest BCUT2D eigenvalue weighted by atomic mass is 32.2. The second kappa shape index (κ2) is 9.54. The van der Waals surface area contributed by atoms with Gasteiger partial charge in [-0.15, -0.1) is 0 Å². The molecule has 0 aromatic heterocycles. The molecule has 0 saturated carbocycles. The molecule has 10 heteroatoms. The number of thioether (sulfide) groups is 1. The molecule has 0 aliphatic carbocycles. The Labute approximate surface area is 182 Å². The van der Waals surface area contributed by atoms with Crippen LogP contribution in [0.2, 0.25) is 0 Å². The number of hydrogen-bond donors (Lipinski definition) is 1. The number of ether oxygens (including phenoxy) is 2. The van der Waals surface area contributed by atoms with Crippen LogP contribution in [-0.4, -0.2) is 99.7 Å². The van der Waals surface area contributed by atoms with E-state index < -0.39 is 10.0 Å². The van der Waals surface area contributed by atoms with Crippen LogP contribution in [0.5, 0.6) is 0 Å². The number of nitrogens with one attached hydrogen (secondary N) is 1. The Morgan fingerprint density at radius 1 is 1.07 bits per heavy atom. The fourth-order valence-corrected chi connectivity index (χ4v) is 7.35. The van der Waals surface area contributed by atoms with Crippen molar-refractivity contribution in [1.29, 1.82) is 0 Å². The average Bonchev–Trinajstić information content (AvgIpc) is 3.29. The van der Waals surface area contributed by atoms with Crippen molar-refractivity contribution in [2.75, 3.05) is 70.7 Å². The number of hydrogen-bond acceptors (Lipinski definition) is 7. The van der Waals surface area contributed by atoms with Gasteiger partial charge in [0.05, 0.1) is 36.9 Å². The molecule has 3 aliphatic heterocycles. The summed E-state index contributed by atoms with van der Waals surface area (Å²) in [6.45, 7) is 4.98. The van der Waals surface area contributed by atoms with Crippen LogP contribution >= 0.6 is 11.8 Å². The van der Waals surface area contributed by atoms with Gasteiger partial charge in [-0.3, -0.25) is 9.69 Å². The van der Waals surface area contributed by atoms with Gasteiger partial charge in [0.15, 0.2) is 0 Å². The van der Waals surface area contributed by atoms with Crippen molar-refractivity contribution in [2.45, 2.75) is 16.9 Å². The first-order valence-corrected chi connectivity index (χ1v) is 13.0. The molecular weight excluding hydrogens is 426 g/mol. The SMILES string of the molecule is O=C(NCC1(N2CCOCC2)CCSC1)c1ccccc1S(=O)(=O)N1CCOCC1. The van der Waals surface area contributed by atoms with Crippen molar-refractivity contribution < 1.29 is 22.7 Å². The van der Waals surface area contributed by atoms with Crippen LogP contribution in [0.25, 0.3) is 0 Å². The zero-order chi connectivity index (χ0) is 21.0. The molecule has 30 heavy (non-hydrogen) atoms. The molecule has 0 spiro atoms. The van der Waals surface area contributed by atoms with Gasteiger partial charge < -0.3 is 14.8 Å². The highest BCUT2D eigenvalue weighted by Gasteiger charge is 2.41. The summed E-state index contributed by atoms with van der Waals surface area (Å²) in [6.07, 6.45) is 1.01. The van der Waals surface area contributed by atoms with Crippen LogP contribution in [0, 0.1) is 0 Å². The van der Waals surface area contributed by atoms with Crippen molar-refractivity contribution in [3.8, 4) is 0 Å². The molecule has 1 aromatic carbocycles. The summed E-state index contributed by atoms with van der Waals surface area (Å²) in [5.74, 6) is 1.68. The molecule has 1 N–H and O–H groups in total. The third-order valence-electron chi connectivity index (χ3n) is 6.06. The second-order valence-corrected chi connectivity index (χ2v) is 10.8. The minimum absolute atomic E-state index is 0.0608. The summed E-state index contributed by atoms with van der Waals surface area (Å²) in [4.78, 5) is 15.6. The van der Waals surface area contributed by atoms with E-state index in [9.17, 15) is 13.2 Å². The van der Waals surface area contributed by atoms with Gasteiger partial charge in [-0.1, -0.05) is 12.1 Å². The zero-order valence-corrected chi connectivity index (χ0v) is 18.7. The van der Waals surface area contributed by atoms with Crippen molar-refractivity contribution in [2.24, 2.45) is 0 Å². The van der Waals surface area contributed by atoms with Crippen LogP contribution in [0.3, 0.4) is 0 Å². The number of benzene rings is 1. The van der Waals surface area contributed by atoms with Crippen LogP contribution in [0.15, 0.2) is 29.2 Å². The van der Waals surface area contributed by atoms with Crippen molar-refractivity contribution >= 4 is 27.7 Å². The maximum Gasteiger partial charge on any atom is 0.252 e. The Morgan fingerprint density at radius 2 is 1.73 bits per heavy atom. The Hall–Kier alpha value is -1.17. The molecule has 0 bridgehead atoms. The number of rotatable bonds is 6. The quantitative estimate of drug-likeness (QED) is 0.674. The van der Waals surface area contributed by atoms with Gasteiger partial charge in [0.1, 0.15) is 0 Å². The summed E-state index contributed by atoms with van der Waals surface area (Å²) in [6, 6.07) is 6.47. The summed E-state index contributed by atoms with van der Waals surface area (Å²) in [5.41, 5.74) is 0.106. The third kappa shape index (κ3) is 4.53. The van der Waals surface area contributed by atoms with E-state index in [2.05, 4.69) is 10.2 Å². The number of amides is 1. The fourth-order valence-electron chi connectivity index (χ4n) is 4.28. The van der Waals surface area contributed by atoms with Crippen LogP contribution in [0.4, 0.5) is 0 Å². The van der Waals surface area contributed by atoms with E-state index >= 15 is 0 Å². The Morgan fingerprint density at radius 3 is 2.40 bits per heavy atom. The van der Waals surface area contributed by atoms with Gasteiger partial charge in [-0.05, 0) is 24.3 Å². The van der Waals surface area contributed by atoms with Gasteiger partial charge in [0.2, 0.25) is 10.0 Å².